The van der Waals surface area contributed by atoms with E-state index in [2.05, 4.69) is 46.9 Å². The van der Waals surface area contributed by atoms with Crippen molar-refractivity contribution in [1.82, 2.24) is 5.32 Å². The van der Waals surface area contributed by atoms with Gasteiger partial charge in [0.05, 0.1) is 0 Å². The highest BCUT2D eigenvalue weighted by atomic mass is 16.1. The summed E-state index contributed by atoms with van der Waals surface area (Å²) in [5.74, 6) is 0.619. The van der Waals surface area contributed by atoms with Crippen LogP contribution in [0.15, 0.2) is 0 Å². The summed E-state index contributed by atoms with van der Waals surface area (Å²) < 4.78 is 0. The van der Waals surface area contributed by atoms with Gasteiger partial charge in [0.2, 0.25) is 5.91 Å². The Morgan fingerprint density at radius 3 is 2.07 bits per heavy atom. The molecule has 0 spiro atoms. The average Bonchev–Trinajstić information content (AvgIpc) is 1.77. The van der Waals surface area contributed by atoms with Crippen LogP contribution in [0.3, 0.4) is 0 Å². The molecule has 1 atom stereocenters. The van der Waals surface area contributed by atoms with Crippen LogP contribution in [0.25, 0.3) is 0 Å². The van der Waals surface area contributed by atoms with Gasteiger partial charge < -0.3 is 5.32 Å². The van der Waals surface area contributed by atoms with Gasteiger partial charge in [0.1, 0.15) is 0 Å². The SMILES string of the molecule is CC(C)CC(=O)N[C@H](C)CC(C)(C)C. The Labute approximate surface area is 88.5 Å². The maximum atomic E-state index is 11.4. The number of rotatable bonds is 4. The Kier molecular flexibility index (Phi) is 5.17. The first-order valence-corrected chi connectivity index (χ1v) is 5.50. The summed E-state index contributed by atoms with van der Waals surface area (Å²) in [6, 6.07) is 0.279. The van der Waals surface area contributed by atoms with E-state index >= 15 is 0 Å². The van der Waals surface area contributed by atoms with Crippen LogP contribution in [-0.4, -0.2) is 11.9 Å². The van der Waals surface area contributed by atoms with Crippen LogP contribution >= 0.6 is 0 Å². The van der Waals surface area contributed by atoms with Gasteiger partial charge in [-0.3, -0.25) is 4.79 Å². The van der Waals surface area contributed by atoms with E-state index in [0.717, 1.165) is 6.42 Å². The van der Waals surface area contributed by atoms with E-state index in [4.69, 9.17) is 0 Å². The van der Waals surface area contributed by atoms with Gasteiger partial charge in [-0.2, -0.15) is 0 Å². The molecule has 1 N–H and O–H groups in total. The lowest BCUT2D eigenvalue weighted by Gasteiger charge is -2.24. The molecule has 2 nitrogen and oxygen atoms in total. The minimum Gasteiger partial charge on any atom is -0.354 e. The van der Waals surface area contributed by atoms with Crippen molar-refractivity contribution in [3.05, 3.63) is 0 Å². The van der Waals surface area contributed by atoms with E-state index in [9.17, 15) is 4.79 Å². The van der Waals surface area contributed by atoms with Gasteiger partial charge in [0.25, 0.3) is 0 Å². The highest BCUT2D eigenvalue weighted by Gasteiger charge is 2.16. The normalized spacial score (nSPS) is 14.2. The summed E-state index contributed by atoms with van der Waals surface area (Å²) in [5, 5.41) is 3.03. The molecule has 0 fully saturated rings. The van der Waals surface area contributed by atoms with Gasteiger partial charge in [0.15, 0.2) is 0 Å². The lowest BCUT2D eigenvalue weighted by Crippen LogP contribution is -2.35. The highest BCUT2D eigenvalue weighted by molar-refractivity contribution is 5.76. The highest BCUT2D eigenvalue weighted by Crippen LogP contribution is 2.20. The molecule has 2 heteroatoms. The van der Waals surface area contributed by atoms with E-state index in [1.807, 2.05) is 0 Å². The minimum atomic E-state index is 0.178. The second-order valence-corrected chi connectivity index (χ2v) is 5.83. The summed E-state index contributed by atoms with van der Waals surface area (Å²) >= 11 is 0. The predicted octanol–water partition coefficient (Wildman–Crippen LogP) is 2.97. The quantitative estimate of drug-likeness (QED) is 0.741. The van der Waals surface area contributed by atoms with Crippen molar-refractivity contribution in [2.45, 2.75) is 60.4 Å². The van der Waals surface area contributed by atoms with Crippen LogP contribution < -0.4 is 5.32 Å². The minimum absolute atomic E-state index is 0.178. The third kappa shape index (κ3) is 8.09. The zero-order valence-electron chi connectivity index (χ0n) is 10.5. The lowest BCUT2D eigenvalue weighted by atomic mass is 9.88. The molecule has 0 radical (unpaired) electrons. The van der Waals surface area contributed by atoms with Crippen molar-refractivity contribution in [3.8, 4) is 0 Å². The Balaban J connectivity index is 3.83. The van der Waals surface area contributed by atoms with Gasteiger partial charge in [0, 0.05) is 12.5 Å². The molecule has 0 aliphatic carbocycles. The fourth-order valence-electron chi connectivity index (χ4n) is 1.67. The summed E-state index contributed by atoms with van der Waals surface area (Å²) in [7, 11) is 0. The summed E-state index contributed by atoms with van der Waals surface area (Å²) in [6.45, 7) is 12.8. The molecule has 0 rings (SSSR count). The Bertz CT molecular complexity index is 179. The molecule has 0 aromatic rings. The number of carbonyl (C=O) groups is 1. The van der Waals surface area contributed by atoms with Crippen LogP contribution in [0.4, 0.5) is 0 Å². The third-order valence-electron chi connectivity index (χ3n) is 1.92. The molecule has 0 aromatic heterocycles. The van der Waals surface area contributed by atoms with Crippen LogP contribution in [0.5, 0.6) is 0 Å². The van der Waals surface area contributed by atoms with E-state index in [1.54, 1.807) is 0 Å². The molecule has 0 aliphatic heterocycles. The Morgan fingerprint density at radius 1 is 1.21 bits per heavy atom. The van der Waals surface area contributed by atoms with Crippen molar-refractivity contribution in [2.75, 3.05) is 0 Å². The van der Waals surface area contributed by atoms with Crippen molar-refractivity contribution < 1.29 is 4.79 Å². The third-order valence-corrected chi connectivity index (χ3v) is 1.92. The van der Waals surface area contributed by atoms with Crippen molar-refractivity contribution in [2.24, 2.45) is 11.3 Å². The van der Waals surface area contributed by atoms with E-state index in [1.165, 1.54) is 0 Å². The number of nitrogens with one attached hydrogen (secondary N) is 1. The Morgan fingerprint density at radius 2 is 1.71 bits per heavy atom. The summed E-state index contributed by atoms with van der Waals surface area (Å²) in [5.41, 5.74) is 0.282. The van der Waals surface area contributed by atoms with Crippen molar-refractivity contribution in [1.29, 1.82) is 0 Å². The zero-order valence-corrected chi connectivity index (χ0v) is 10.5. The van der Waals surface area contributed by atoms with E-state index < -0.39 is 0 Å². The molecular weight excluding hydrogens is 174 g/mol. The maximum absolute atomic E-state index is 11.4. The molecule has 0 aromatic carbocycles. The van der Waals surface area contributed by atoms with Crippen LogP contribution in [0.1, 0.15) is 54.4 Å². The molecule has 1 amide bonds. The number of hydrogen-bond acceptors (Lipinski definition) is 1. The lowest BCUT2D eigenvalue weighted by molar-refractivity contribution is -0.122. The second-order valence-electron chi connectivity index (χ2n) is 5.83. The number of amides is 1. The number of hydrogen-bond donors (Lipinski definition) is 1. The largest absolute Gasteiger partial charge is 0.354 e. The molecular formula is C12H25NO. The van der Waals surface area contributed by atoms with Crippen LogP contribution in [-0.2, 0) is 4.79 Å². The smallest absolute Gasteiger partial charge is 0.220 e. The van der Waals surface area contributed by atoms with Gasteiger partial charge in [-0.05, 0) is 24.7 Å². The van der Waals surface area contributed by atoms with Crippen LogP contribution in [0, 0.1) is 11.3 Å². The monoisotopic (exact) mass is 199 g/mol. The maximum Gasteiger partial charge on any atom is 0.220 e. The molecule has 0 unspecified atom stereocenters. The molecule has 14 heavy (non-hydrogen) atoms. The molecule has 84 valence electrons. The number of carbonyl (C=O) groups excluding carboxylic acids is 1. The van der Waals surface area contributed by atoms with Gasteiger partial charge >= 0.3 is 0 Å². The van der Waals surface area contributed by atoms with Crippen molar-refractivity contribution >= 4 is 5.91 Å². The first kappa shape index (κ1) is 13.5. The molecule has 0 heterocycles. The standard InChI is InChI=1S/C12H25NO/c1-9(2)7-11(14)13-10(3)8-12(4,5)6/h9-10H,7-8H2,1-6H3,(H,13,14)/t10-/m1/s1. The average molecular weight is 199 g/mol. The fraction of sp³-hybridized carbons (Fsp3) is 0.917. The summed E-state index contributed by atoms with van der Waals surface area (Å²) in [6.07, 6.45) is 1.66. The predicted molar refractivity (Wildman–Crippen MR) is 61.1 cm³/mol. The summed E-state index contributed by atoms with van der Waals surface area (Å²) in [4.78, 5) is 11.4. The first-order chi connectivity index (χ1) is 6.20. The van der Waals surface area contributed by atoms with Crippen molar-refractivity contribution in [3.63, 3.8) is 0 Å². The van der Waals surface area contributed by atoms with Crippen LogP contribution in [0.2, 0.25) is 0 Å². The molecule has 0 saturated carbocycles. The second kappa shape index (κ2) is 5.38. The van der Waals surface area contributed by atoms with Gasteiger partial charge in [-0.1, -0.05) is 34.6 Å². The van der Waals surface area contributed by atoms with E-state index in [0.29, 0.717) is 12.3 Å². The fourth-order valence-corrected chi connectivity index (χ4v) is 1.67. The van der Waals surface area contributed by atoms with Gasteiger partial charge in [-0.15, -0.1) is 0 Å². The zero-order chi connectivity index (χ0) is 11.4. The van der Waals surface area contributed by atoms with Gasteiger partial charge in [-0.25, -0.2) is 0 Å². The molecule has 0 saturated heterocycles. The molecule has 0 aliphatic rings. The first-order valence-electron chi connectivity index (χ1n) is 5.50. The topological polar surface area (TPSA) is 29.1 Å². The Hall–Kier alpha value is -0.530. The van der Waals surface area contributed by atoms with E-state index in [-0.39, 0.29) is 17.4 Å². The molecule has 0 bridgehead atoms.